The molecule has 0 heterocycles. The molecule has 1 N–H and O–H groups in total. The van der Waals surface area contributed by atoms with Gasteiger partial charge in [0.1, 0.15) is 5.78 Å². The Balaban J connectivity index is 0.00000324. The van der Waals surface area contributed by atoms with E-state index in [-0.39, 0.29) is 52.3 Å². The molecule has 19 heavy (non-hydrogen) atoms. The molecule has 0 saturated carbocycles. The Morgan fingerprint density at radius 2 is 1.95 bits per heavy atom. The second kappa shape index (κ2) is 7.16. The van der Waals surface area contributed by atoms with Gasteiger partial charge in [-0.3, -0.25) is 14.3 Å². The summed E-state index contributed by atoms with van der Waals surface area (Å²) in [5.74, 6) is -0.985. The number of ketones is 1. The fourth-order valence-electron chi connectivity index (χ4n) is 1.34. The van der Waals surface area contributed by atoms with Crippen molar-refractivity contribution in [3.63, 3.8) is 0 Å². The monoisotopic (exact) mass is 293 g/mol. The van der Waals surface area contributed by atoms with Gasteiger partial charge in [0.15, 0.2) is 0 Å². The van der Waals surface area contributed by atoms with Crippen molar-refractivity contribution in [2.24, 2.45) is 4.99 Å². The van der Waals surface area contributed by atoms with Crippen molar-refractivity contribution >= 4 is 27.5 Å². The predicted molar refractivity (Wildman–Crippen MR) is 63.4 cm³/mol. The molecule has 98 valence electrons. The van der Waals surface area contributed by atoms with E-state index >= 15 is 0 Å². The number of hydrogen-bond acceptors (Lipinski definition) is 5. The Labute approximate surface area is 133 Å². The van der Waals surface area contributed by atoms with E-state index in [1.807, 2.05) is 0 Å². The van der Waals surface area contributed by atoms with Gasteiger partial charge in [0, 0.05) is 6.42 Å². The van der Waals surface area contributed by atoms with Crippen LogP contribution in [0, 0.1) is 6.92 Å². The Morgan fingerprint density at radius 1 is 1.37 bits per heavy atom. The second-order valence-corrected chi connectivity index (χ2v) is 5.29. The Kier molecular flexibility index (Phi) is 6.88. The minimum atomic E-state index is -4.34. The van der Waals surface area contributed by atoms with Gasteiger partial charge in [0.25, 0.3) is 10.1 Å². The molecule has 0 aliphatic carbocycles. The van der Waals surface area contributed by atoms with E-state index in [9.17, 15) is 18.3 Å². The van der Waals surface area contributed by atoms with Crippen molar-refractivity contribution < 1.29 is 52.4 Å². The van der Waals surface area contributed by atoms with Crippen molar-refractivity contribution in [2.45, 2.75) is 25.2 Å². The molecule has 1 rings (SSSR count). The molecule has 0 unspecified atom stereocenters. The first kappa shape index (κ1) is 18.3. The molecule has 0 atom stereocenters. The molecule has 0 aromatic heterocycles. The number of aliphatic imine (C=N–C) groups is 1. The van der Waals surface area contributed by atoms with E-state index in [4.69, 9.17) is 4.55 Å². The molecule has 0 aliphatic heterocycles. The minimum absolute atomic E-state index is 0. The van der Waals surface area contributed by atoms with Gasteiger partial charge < -0.3 is 5.11 Å². The van der Waals surface area contributed by atoms with Gasteiger partial charge >= 0.3 is 29.6 Å². The molecule has 6 nitrogen and oxygen atoms in total. The standard InChI is InChI=1S/C11H13NO5S.Na/c1-7-3-9(12-11(14)5-8(2)13)6-10(4-7)18(15,16)17;/h3-4,6H,5H2,1-2H3,(H,12,14)(H,15,16,17);/q;+1/p-1. The zero-order valence-corrected chi connectivity index (χ0v) is 13.7. The third-order valence-corrected chi connectivity index (χ3v) is 2.82. The van der Waals surface area contributed by atoms with Crippen LogP contribution in [-0.4, -0.2) is 24.7 Å². The van der Waals surface area contributed by atoms with E-state index < -0.39 is 16.0 Å². The van der Waals surface area contributed by atoms with Crippen molar-refractivity contribution in [3.8, 4) is 0 Å². The summed E-state index contributed by atoms with van der Waals surface area (Å²) >= 11 is 0. The molecule has 0 amide bonds. The van der Waals surface area contributed by atoms with Gasteiger partial charge in [0.2, 0.25) is 0 Å². The summed E-state index contributed by atoms with van der Waals surface area (Å²) in [6.45, 7) is 2.86. The Hall–Kier alpha value is -0.730. The molecule has 0 spiro atoms. The summed E-state index contributed by atoms with van der Waals surface area (Å²) < 4.78 is 30.9. The number of rotatable bonds is 4. The molecule has 0 fully saturated rings. The number of nitrogens with zero attached hydrogens (tertiary/aromatic N) is 1. The maximum Gasteiger partial charge on any atom is 1.00 e. The van der Waals surface area contributed by atoms with E-state index in [1.54, 1.807) is 6.92 Å². The van der Waals surface area contributed by atoms with Crippen LogP contribution >= 0.6 is 0 Å². The smallest absolute Gasteiger partial charge is 0.861 e. The molecular formula is C11H12NNaO5S. The molecule has 0 radical (unpaired) electrons. The first-order chi connectivity index (χ1) is 8.18. The average Bonchev–Trinajstić information content (AvgIpc) is 2.13. The summed E-state index contributed by atoms with van der Waals surface area (Å²) in [6.07, 6.45) is -0.338. The maximum atomic E-state index is 11.3. The first-order valence-corrected chi connectivity index (χ1v) is 6.45. The van der Waals surface area contributed by atoms with Crippen LogP contribution in [0.3, 0.4) is 0 Å². The first-order valence-electron chi connectivity index (χ1n) is 5.01. The maximum absolute atomic E-state index is 11.3. The zero-order chi connectivity index (χ0) is 13.9. The minimum Gasteiger partial charge on any atom is -0.861 e. The third kappa shape index (κ3) is 6.31. The molecule has 1 aromatic carbocycles. The largest absolute Gasteiger partial charge is 1.00 e. The van der Waals surface area contributed by atoms with Crippen molar-refractivity contribution in [2.75, 3.05) is 0 Å². The van der Waals surface area contributed by atoms with Crippen LogP contribution < -0.4 is 34.7 Å². The van der Waals surface area contributed by atoms with Crippen LogP contribution in [0.15, 0.2) is 28.1 Å². The summed E-state index contributed by atoms with van der Waals surface area (Å²) in [5.41, 5.74) is 0.619. The van der Waals surface area contributed by atoms with Gasteiger partial charge in [-0.05, 0) is 43.5 Å². The average molecular weight is 293 g/mol. The van der Waals surface area contributed by atoms with Crippen LogP contribution in [0.25, 0.3) is 0 Å². The number of carbonyl (C=O) groups is 1. The van der Waals surface area contributed by atoms with Crippen LogP contribution in [-0.2, 0) is 14.9 Å². The molecule has 0 aliphatic rings. The van der Waals surface area contributed by atoms with Gasteiger partial charge in [-0.15, -0.1) is 0 Å². The predicted octanol–water partition coefficient (Wildman–Crippen LogP) is -2.38. The fourth-order valence-corrected chi connectivity index (χ4v) is 1.94. The molecular weight excluding hydrogens is 281 g/mol. The number of benzene rings is 1. The summed E-state index contributed by atoms with van der Waals surface area (Å²) in [4.78, 5) is 14.0. The Morgan fingerprint density at radius 3 is 2.42 bits per heavy atom. The SMILES string of the molecule is CC(=O)CC([O-])=Nc1cc(C)cc(S(=O)(=O)O)c1.[Na+]. The topological polar surface area (TPSA) is 107 Å². The van der Waals surface area contributed by atoms with Crippen LogP contribution in [0.2, 0.25) is 0 Å². The molecule has 1 aromatic rings. The number of hydrogen-bond donors (Lipinski definition) is 1. The molecule has 0 bridgehead atoms. The Bertz CT molecular complexity index is 610. The normalized spacial score (nSPS) is 11.8. The van der Waals surface area contributed by atoms with Crippen molar-refractivity contribution in [1.82, 2.24) is 0 Å². The van der Waals surface area contributed by atoms with Crippen molar-refractivity contribution in [3.05, 3.63) is 23.8 Å². The van der Waals surface area contributed by atoms with Crippen LogP contribution in [0.5, 0.6) is 0 Å². The quantitative estimate of drug-likeness (QED) is 0.289. The fraction of sp³-hybridized carbons (Fsp3) is 0.273. The van der Waals surface area contributed by atoms with Crippen LogP contribution in [0.1, 0.15) is 18.9 Å². The molecule has 0 saturated heterocycles. The van der Waals surface area contributed by atoms with Gasteiger partial charge in [-0.2, -0.15) is 8.42 Å². The number of carbonyl (C=O) groups excluding carboxylic acids is 1. The summed E-state index contributed by atoms with van der Waals surface area (Å²) in [5, 5.41) is 11.3. The van der Waals surface area contributed by atoms with E-state index in [2.05, 4.69) is 4.99 Å². The molecule has 8 heteroatoms. The van der Waals surface area contributed by atoms with Crippen LogP contribution in [0.4, 0.5) is 5.69 Å². The van der Waals surface area contributed by atoms with E-state index in [0.717, 1.165) is 6.07 Å². The summed E-state index contributed by atoms with van der Waals surface area (Å²) in [6, 6.07) is 3.80. The van der Waals surface area contributed by atoms with E-state index in [0.29, 0.717) is 5.56 Å². The number of Topliss-reactive ketones (excluding diaryl/α,β-unsaturated/α-hetero) is 1. The summed E-state index contributed by atoms with van der Waals surface area (Å²) in [7, 11) is -4.34. The van der Waals surface area contributed by atoms with Gasteiger partial charge in [-0.1, -0.05) is 0 Å². The van der Waals surface area contributed by atoms with E-state index in [1.165, 1.54) is 19.1 Å². The second-order valence-electron chi connectivity index (χ2n) is 3.86. The zero-order valence-electron chi connectivity index (χ0n) is 10.9. The van der Waals surface area contributed by atoms with Gasteiger partial charge in [0.05, 0.1) is 10.6 Å². The van der Waals surface area contributed by atoms with Crippen molar-refractivity contribution in [1.29, 1.82) is 0 Å². The van der Waals surface area contributed by atoms with Gasteiger partial charge in [-0.25, -0.2) is 0 Å². The number of aryl methyl sites for hydroxylation is 1. The third-order valence-electron chi connectivity index (χ3n) is 1.99.